The lowest BCUT2D eigenvalue weighted by Gasteiger charge is -2.08. The Balaban J connectivity index is 2.10. The maximum Gasteiger partial charge on any atom is 0.230 e. The average molecular weight is 261 g/mol. The third kappa shape index (κ3) is 3.20. The van der Waals surface area contributed by atoms with Crippen LogP contribution in [0.15, 0.2) is 35.5 Å². The molecule has 0 fully saturated rings. The summed E-state index contributed by atoms with van der Waals surface area (Å²) in [7, 11) is 0. The number of nitrogens with zero attached hydrogens (tertiary/aromatic N) is 2. The van der Waals surface area contributed by atoms with Crippen LogP contribution in [-0.2, 0) is 4.79 Å². The molecule has 4 nitrogen and oxygen atoms in total. The molecule has 0 radical (unpaired) electrons. The van der Waals surface area contributed by atoms with E-state index in [0.717, 1.165) is 15.8 Å². The highest BCUT2D eigenvalue weighted by Crippen LogP contribution is 2.24. The van der Waals surface area contributed by atoms with Crippen LogP contribution in [0.4, 0.5) is 0 Å². The van der Waals surface area contributed by atoms with Crippen molar-refractivity contribution < 1.29 is 4.79 Å². The van der Waals surface area contributed by atoms with Crippen molar-refractivity contribution >= 4 is 28.4 Å². The van der Waals surface area contributed by atoms with Crippen LogP contribution in [0.1, 0.15) is 13.8 Å². The smallest absolute Gasteiger partial charge is 0.230 e. The fraction of sp³-hybridized carbons (Fsp3) is 0.308. The van der Waals surface area contributed by atoms with Gasteiger partial charge in [0.25, 0.3) is 0 Å². The molecule has 0 unspecified atom stereocenters. The molecule has 0 bridgehead atoms. The van der Waals surface area contributed by atoms with E-state index in [1.54, 1.807) is 6.20 Å². The Labute approximate surface area is 110 Å². The molecule has 1 N–H and O–H groups in total. The van der Waals surface area contributed by atoms with E-state index >= 15 is 0 Å². The minimum atomic E-state index is 0.0183. The molecule has 1 aromatic heterocycles. The molecule has 94 valence electrons. The first-order valence-electron chi connectivity index (χ1n) is 5.79. The van der Waals surface area contributed by atoms with E-state index in [0.29, 0.717) is 5.75 Å². The summed E-state index contributed by atoms with van der Waals surface area (Å²) in [6.07, 6.45) is 1.73. The Bertz CT molecular complexity index is 551. The van der Waals surface area contributed by atoms with Gasteiger partial charge >= 0.3 is 0 Å². The van der Waals surface area contributed by atoms with Crippen molar-refractivity contribution in [3.05, 3.63) is 30.5 Å². The second kappa shape index (κ2) is 5.82. The van der Waals surface area contributed by atoms with Gasteiger partial charge in [0.05, 0.1) is 11.9 Å². The maximum atomic E-state index is 11.6. The average Bonchev–Trinajstić information content (AvgIpc) is 2.35. The number of hydrogen-bond donors (Lipinski definition) is 1. The first kappa shape index (κ1) is 12.8. The Morgan fingerprint density at radius 1 is 1.39 bits per heavy atom. The summed E-state index contributed by atoms with van der Waals surface area (Å²) in [5, 5.41) is 13.8. The Morgan fingerprint density at radius 2 is 2.17 bits per heavy atom. The van der Waals surface area contributed by atoms with Crippen molar-refractivity contribution in [2.24, 2.45) is 0 Å². The molecule has 1 aromatic carbocycles. The van der Waals surface area contributed by atoms with Gasteiger partial charge in [0.15, 0.2) is 0 Å². The van der Waals surface area contributed by atoms with Crippen LogP contribution in [-0.4, -0.2) is 27.9 Å². The largest absolute Gasteiger partial charge is 0.353 e. The molecule has 18 heavy (non-hydrogen) atoms. The highest BCUT2D eigenvalue weighted by molar-refractivity contribution is 8.00. The number of hydrogen-bond acceptors (Lipinski definition) is 4. The van der Waals surface area contributed by atoms with Crippen molar-refractivity contribution in [3.8, 4) is 0 Å². The van der Waals surface area contributed by atoms with Gasteiger partial charge in [-0.05, 0) is 13.8 Å². The van der Waals surface area contributed by atoms with Crippen molar-refractivity contribution in [1.29, 1.82) is 0 Å². The van der Waals surface area contributed by atoms with Crippen LogP contribution < -0.4 is 5.32 Å². The Kier molecular flexibility index (Phi) is 4.15. The molecule has 1 heterocycles. The lowest BCUT2D eigenvalue weighted by Crippen LogP contribution is -2.31. The van der Waals surface area contributed by atoms with Crippen LogP contribution in [0.2, 0.25) is 0 Å². The summed E-state index contributed by atoms with van der Waals surface area (Å²) >= 11 is 1.41. The summed E-state index contributed by atoms with van der Waals surface area (Å²) in [4.78, 5) is 11.6. The zero-order valence-electron chi connectivity index (χ0n) is 10.4. The predicted molar refractivity (Wildman–Crippen MR) is 73.5 cm³/mol. The molecule has 0 aliphatic rings. The van der Waals surface area contributed by atoms with E-state index in [2.05, 4.69) is 15.5 Å². The van der Waals surface area contributed by atoms with Gasteiger partial charge in [-0.25, -0.2) is 0 Å². The van der Waals surface area contributed by atoms with Gasteiger partial charge in [0, 0.05) is 16.8 Å². The fourth-order valence-corrected chi connectivity index (χ4v) is 2.40. The van der Waals surface area contributed by atoms with Crippen molar-refractivity contribution in [1.82, 2.24) is 15.5 Å². The zero-order valence-corrected chi connectivity index (χ0v) is 11.2. The highest BCUT2D eigenvalue weighted by Gasteiger charge is 2.08. The summed E-state index contributed by atoms with van der Waals surface area (Å²) in [6.45, 7) is 3.89. The zero-order chi connectivity index (χ0) is 13.0. The van der Waals surface area contributed by atoms with Crippen LogP contribution in [0.3, 0.4) is 0 Å². The molecular formula is C13H15N3OS. The first-order valence-corrected chi connectivity index (χ1v) is 6.78. The van der Waals surface area contributed by atoms with Gasteiger partial charge in [-0.3, -0.25) is 4.79 Å². The number of amides is 1. The van der Waals surface area contributed by atoms with E-state index < -0.39 is 0 Å². The number of carbonyl (C=O) groups excluding carboxylic acids is 1. The molecule has 0 saturated carbocycles. The third-order valence-electron chi connectivity index (χ3n) is 2.33. The molecule has 1 amide bonds. The third-order valence-corrected chi connectivity index (χ3v) is 3.31. The molecule has 0 atom stereocenters. The molecule has 0 aliphatic heterocycles. The van der Waals surface area contributed by atoms with Crippen LogP contribution in [0, 0.1) is 0 Å². The highest BCUT2D eigenvalue weighted by atomic mass is 32.2. The summed E-state index contributed by atoms with van der Waals surface area (Å²) in [5.74, 6) is 0.380. The second-order valence-electron chi connectivity index (χ2n) is 4.25. The minimum absolute atomic E-state index is 0.0183. The number of aromatic nitrogens is 2. The van der Waals surface area contributed by atoms with Gasteiger partial charge < -0.3 is 5.32 Å². The summed E-state index contributed by atoms with van der Waals surface area (Å²) in [5.41, 5.74) is 0. The molecule has 0 saturated heterocycles. The van der Waals surface area contributed by atoms with Gasteiger partial charge in [0.1, 0.15) is 5.03 Å². The molecule has 5 heteroatoms. The quantitative estimate of drug-likeness (QED) is 0.858. The van der Waals surface area contributed by atoms with Crippen molar-refractivity contribution in [2.75, 3.05) is 5.75 Å². The minimum Gasteiger partial charge on any atom is -0.353 e. The van der Waals surface area contributed by atoms with Crippen molar-refractivity contribution in [2.45, 2.75) is 24.9 Å². The fourth-order valence-electron chi connectivity index (χ4n) is 1.61. The number of thioether (sulfide) groups is 1. The number of carbonyl (C=O) groups is 1. The molecule has 0 aliphatic carbocycles. The predicted octanol–water partition coefficient (Wildman–Crippen LogP) is 2.25. The number of nitrogens with one attached hydrogen (secondary N) is 1. The molecular weight excluding hydrogens is 246 g/mol. The molecule has 2 rings (SSSR count). The SMILES string of the molecule is CC(C)NC(=O)CSc1nncc2ccccc12. The van der Waals surface area contributed by atoms with Gasteiger partial charge in [0.2, 0.25) is 5.91 Å². The lowest BCUT2D eigenvalue weighted by molar-refractivity contribution is -0.119. The maximum absolute atomic E-state index is 11.6. The van der Waals surface area contributed by atoms with Gasteiger partial charge in [-0.15, -0.1) is 5.10 Å². The van der Waals surface area contributed by atoms with Gasteiger partial charge in [-0.2, -0.15) is 5.10 Å². The molecule has 0 spiro atoms. The monoisotopic (exact) mass is 261 g/mol. The van der Waals surface area contributed by atoms with E-state index in [9.17, 15) is 4.79 Å². The normalized spacial score (nSPS) is 10.8. The molecule has 2 aromatic rings. The first-order chi connectivity index (χ1) is 8.66. The lowest BCUT2D eigenvalue weighted by atomic mass is 10.2. The number of benzene rings is 1. The van der Waals surface area contributed by atoms with Crippen LogP contribution in [0.25, 0.3) is 10.8 Å². The van der Waals surface area contributed by atoms with E-state index in [1.165, 1.54) is 11.8 Å². The second-order valence-corrected chi connectivity index (χ2v) is 5.21. The van der Waals surface area contributed by atoms with Gasteiger partial charge in [-0.1, -0.05) is 36.0 Å². The summed E-state index contributed by atoms with van der Waals surface area (Å²) < 4.78 is 0. The van der Waals surface area contributed by atoms with Crippen LogP contribution >= 0.6 is 11.8 Å². The Hall–Kier alpha value is -1.62. The Morgan fingerprint density at radius 3 is 2.94 bits per heavy atom. The summed E-state index contributed by atoms with van der Waals surface area (Å²) in [6, 6.07) is 8.07. The van der Waals surface area contributed by atoms with E-state index in [4.69, 9.17) is 0 Å². The van der Waals surface area contributed by atoms with E-state index in [-0.39, 0.29) is 11.9 Å². The number of rotatable bonds is 4. The van der Waals surface area contributed by atoms with Crippen LogP contribution in [0.5, 0.6) is 0 Å². The van der Waals surface area contributed by atoms with Crippen molar-refractivity contribution in [3.63, 3.8) is 0 Å². The van der Waals surface area contributed by atoms with E-state index in [1.807, 2.05) is 38.1 Å². The number of fused-ring (bicyclic) bond motifs is 1. The standard InChI is InChI=1S/C13H15N3OS/c1-9(2)15-12(17)8-18-13-11-6-4-3-5-10(11)7-14-16-13/h3-7,9H,8H2,1-2H3,(H,15,17). The topological polar surface area (TPSA) is 54.9 Å².